The monoisotopic (exact) mass is 289 g/mol. The molecule has 0 radical (unpaired) electrons. The largest absolute Gasteiger partial charge is 0.326 e. The second-order valence-corrected chi connectivity index (χ2v) is 5.80. The maximum Gasteiger partial charge on any atom is 0.224 e. The number of likely N-dealkylation sites (N-methyl/N-ethyl adjacent to an activating group) is 1. The van der Waals surface area contributed by atoms with Crippen LogP contribution in [-0.2, 0) is 4.79 Å². The normalized spacial score (nSPS) is 18.1. The van der Waals surface area contributed by atoms with Gasteiger partial charge in [-0.15, -0.1) is 0 Å². The van der Waals surface area contributed by atoms with E-state index in [1.54, 1.807) is 0 Å². The molecule has 0 bridgehead atoms. The van der Waals surface area contributed by atoms with Crippen LogP contribution in [0.1, 0.15) is 31.7 Å². The lowest BCUT2D eigenvalue weighted by atomic mass is 10.2. The molecule has 1 atom stereocenters. The van der Waals surface area contributed by atoms with Gasteiger partial charge in [0.15, 0.2) is 0 Å². The second-order valence-electron chi connectivity index (χ2n) is 5.80. The third-order valence-corrected chi connectivity index (χ3v) is 4.11. The molecule has 4 heteroatoms. The van der Waals surface area contributed by atoms with Crippen molar-refractivity contribution in [2.24, 2.45) is 0 Å². The fraction of sp³-hybridized carbons (Fsp3) is 0.588. The maximum absolute atomic E-state index is 12.0. The lowest BCUT2D eigenvalue weighted by Crippen LogP contribution is -2.37. The molecule has 1 aliphatic rings. The van der Waals surface area contributed by atoms with Crippen molar-refractivity contribution in [1.82, 2.24) is 10.2 Å². The number of anilines is 1. The summed E-state index contributed by atoms with van der Waals surface area (Å²) in [5.41, 5.74) is 2.06. The Kier molecular flexibility index (Phi) is 6.21. The second kappa shape index (κ2) is 8.15. The van der Waals surface area contributed by atoms with E-state index >= 15 is 0 Å². The summed E-state index contributed by atoms with van der Waals surface area (Å²) in [6, 6.07) is 8.59. The molecular formula is C17H27N3O. The summed E-state index contributed by atoms with van der Waals surface area (Å²) in [6.07, 6.45) is 2.73. The Morgan fingerprint density at radius 1 is 1.48 bits per heavy atom. The van der Waals surface area contributed by atoms with Gasteiger partial charge >= 0.3 is 0 Å². The van der Waals surface area contributed by atoms with Gasteiger partial charge in [-0.2, -0.15) is 0 Å². The Balaban J connectivity index is 1.71. The van der Waals surface area contributed by atoms with E-state index in [2.05, 4.69) is 22.5 Å². The first-order valence-electron chi connectivity index (χ1n) is 8.00. The number of hydrogen-bond donors (Lipinski definition) is 2. The zero-order valence-electron chi connectivity index (χ0n) is 13.2. The molecule has 4 nitrogen and oxygen atoms in total. The average molecular weight is 289 g/mol. The molecule has 1 unspecified atom stereocenters. The third kappa shape index (κ3) is 5.14. The molecule has 1 aromatic carbocycles. The summed E-state index contributed by atoms with van der Waals surface area (Å²) in [5.74, 6) is 0.112. The Hall–Kier alpha value is -1.39. The van der Waals surface area contributed by atoms with Crippen molar-refractivity contribution in [3.05, 3.63) is 29.8 Å². The van der Waals surface area contributed by atoms with Gasteiger partial charge < -0.3 is 10.6 Å². The van der Waals surface area contributed by atoms with Gasteiger partial charge in [0.1, 0.15) is 0 Å². The van der Waals surface area contributed by atoms with E-state index in [1.165, 1.54) is 12.0 Å². The number of rotatable bonds is 7. The van der Waals surface area contributed by atoms with Crippen molar-refractivity contribution >= 4 is 11.6 Å². The molecule has 1 fully saturated rings. The summed E-state index contributed by atoms with van der Waals surface area (Å²) >= 11 is 0. The molecule has 1 amide bonds. The molecule has 116 valence electrons. The Labute approximate surface area is 127 Å². The van der Waals surface area contributed by atoms with Crippen LogP contribution < -0.4 is 10.6 Å². The van der Waals surface area contributed by atoms with Crippen molar-refractivity contribution in [3.63, 3.8) is 0 Å². The van der Waals surface area contributed by atoms with Crippen molar-refractivity contribution < 1.29 is 4.79 Å². The highest BCUT2D eigenvalue weighted by atomic mass is 16.1. The zero-order valence-corrected chi connectivity index (χ0v) is 13.2. The summed E-state index contributed by atoms with van der Waals surface area (Å²) in [5, 5.41) is 6.38. The van der Waals surface area contributed by atoms with Gasteiger partial charge in [-0.05, 0) is 57.1 Å². The number of nitrogens with zero attached hydrogens (tertiary/aromatic N) is 1. The molecule has 2 rings (SSSR count). The fourth-order valence-corrected chi connectivity index (χ4v) is 2.94. The minimum Gasteiger partial charge on any atom is -0.326 e. The maximum atomic E-state index is 12.0. The summed E-state index contributed by atoms with van der Waals surface area (Å²) in [6.45, 7) is 8.50. The first-order valence-corrected chi connectivity index (χ1v) is 8.00. The van der Waals surface area contributed by atoms with E-state index in [1.807, 2.05) is 31.2 Å². The molecule has 21 heavy (non-hydrogen) atoms. The van der Waals surface area contributed by atoms with Crippen LogP contribution in [0.5, 0.6) is 0 Å². The third-order valence-electron chi connectivity index (χ3n) is 4.11. The predicted molar refractivity (Wildman–Crippen MR) is 87.6 cm³/mol. The summed E-state index contributed by atoms with van der Waals surface area (Å²) in [7, 11) is 0. The smallest absolute Gasteiger partial charge is 0.224 e. The fourth-order valence-electron chi connectivity index (χ4n) is 2.94. The van der Waals surface area contributed by atoms with Crippen LogP contribution in [0.15, 0.2) is 24.3 Å². The molecule has 2 N–H and O–H groups in total. The summed E-state index contributed by atoms with van der Waals surface area (Å²) in [4.78, 5) is 14.5. The molecular weight excluding hydrogens is 262 g/mol. The van der Waals surface area contributed by atoms with E-state index < -0.39 is 0 Å². The number of aryl methyl sites for hydroxylation is 1. The van der Waals surface area contributed by atoms with Crippen LogP contribution in [0.4, 0.5) is 5.69 Å². The molecule has 0 aromatic heterocycles. The van der Waals surface area contributed by atoms with E-state index in [0.29, 0.717) is 12.5 Å². The van der Waals surface area contributed by atoms with Gasteiger partial charge in [0, 0.05) is 24.7 Å². The predicted octanol–water partition coefficient (Wildman–Crippen LogP) is 2.40. The van der Waals surface area contributed by atoms with Crippen LogP contribution >= 0.6 is 0 Å². The van der Waals surface area contributed by atoms with Crippen LogP contribution in [-0.4, -0.2) is 43.0 Å². The molecule has 1 heterocycles. The lowest BCUT2D eigenvalue weighted by molar-refractivity contribution is -0.116. The number of carbonyl (C=O) groups is 1. The van der Waals surface area contributed by atoms with Crippen LogP contribution in [0, 0.1) is 6.92 Å². The molecule has 1 aliphatic heterocycles. The number of nitrogens with one attached hydrogen (secondary N) is 2. The number of benzene rings is 1. The van der Waals surface area contributed by atoms with Gasteiger partial charge in [-0.3, -0.25) is 9.69 Å². The van der Waals surface area contributed by atoms with Gasteiger partial charge in [-0.25, -0.2) is 0 Å². The Morgan fingerprint density at radius 3 is 3.00 bits per heavy atom. The van der Waals surface area contributed by atoms with Crippen LogP contribution in [0.25, 0.3) is 0 Å². The Morgan fingerprint density at radius 2 is 2.33 bits per heavy atom. The Bertz CT molecular complexity index is 455. The van der Waals surface area contributed by atoms with Gasteiger partial charge in [-0.1, -0.05) is 19.1 Å². The standard InChI is InChI=1S/C17H27N3O/c1-3-20(16-9-10-18-13-16)11-5-8-17(21)19-15-7-4-6-14(2)12-15/h4,6-7,12,16,18H,3,5,8-11,13H2,1-2H3,(H,19,21). The molecule has 1 saturated heterocycles. The molecule has 1 aromatic rings. The number of amides is 1. The minimum absolute atomic E-state index is 0.112. The van der Waals surface area contributed by atoms with Crippen molar-refractivity contribution in [3.8, 4) is 0 Å². The number of carbonyl (C=O) groups excluding carboxylic acids is 1. The van der Waals surface area contributed by atoms with Gasteiger partial charge in [0.25, 0.3) is 0 Å². The van der Waals surface area contributed by atoms with Gasteiger partial charge in [0.2, 0.25) is 5.91 Å². The highest BCUT2D eigenvalue weighted by Crippen LogP contribution is 2.12. The van der Waals surface area contributed by atoms with E-state index in [4.69, 9.17) is 0 Å². The van der Waals surface area contributed by atoms with Gasteiger partial charge in [0.05, 0.1) is 0 Å². The first kappa shape index (κ1) is 16.0. The van der Waals surface area contributed by atoms with Crippen LogP contribution in [0.2, 0.25) is 0 Å². The topological polar surface area (TPSA) is 44.4 Å². The molecule has 0 spiro atoms. The van der Waals surface area contributed by atoms with Crippen molar-refractivity contribution in [2.45, 2.75) is 39.2 Å². The summed E-state index contributed by atoms with van der Waals surface area (Å²) < 4.78 is 0. The van der Waals surface area contributed by atoms with Crippen molar-refractivity contribution in [2.75, 3.05) is 31.5 Å². The quantitative estimate of drug-likeness (QED) is 0.810. The highest BCUT2D eigenvalue weighted by Gasteiger charge is 2.20. The molecule has 0 saturated carbocycles. The zero-order chi connectivity index (χ0) is 15.1. The molecule has 0 aliphatic carbocycles. The van der Waals surface area contributed by atoms with E-state index in [-0.39, 0.29) is 5.91 Å². The SMILES string of the molecule is CCN(CCCC(=O)Nc1cccc(C)c1)C1CCNC1. The van der Waals surface area contributed by atoms with Crippen LogP contribution in [0.3, 0.4) is 0 Å². The highest BCUT2D eigenvalue weighted by molar-refractivity contribution is 5.90. The lowest BCUT2D eigenvalue weighted by Gasteiger charge is -2.26. The minimum atomic E-state index is 0.112. The van der Waals surface area contributed by atoms with Crippen molar-refractivity contribution in [1.29, 1.82) is 0 Å². The van der Waals surface area contributed by atoms with E-state index in [0.717, 1.165) is 38.3 Å². The first-order chi connectivity index (χ1) is 10.2. The van der Waals surface area contributed by atoms with E-state index in [9.17, 15) is 4.79 Å². The average Bonchev–Trinajstić information content (AvgIpc) is 2.97. The number of hydrogen-bond acceptors (Lipinski definition) is 3.